The molecule has 0 unspecified atom stereocenters. The summed E-state index contributed by atoms with van der Waals surface area (Å²) in [5, 5.41) is 13.4. The Morgan fingerprint density at radius 3 is 2.41 bits per heavy atom. The summed E-state index contributed by atoms with van der Waals surface area (Å²) in [5.41, 5.74) is 3.56. The Morgan fingerprint density at radius 2 is 1.78 bits per heavy atom. The molecule has 1 heterocycles. The first-order valence-corrected chi connectivity index (χ1v) is 10.4. The van der Waals surface area contributed by atoms with Gasteiger partial charge in [-0.1, -0.05) is 38.1 Å². The number of anilines is 1. The summed E-state index contributed by atoms with van der Waals surface area (Å²) in [6.45, 7) is 4.28. The van der Waals surface area contributed by atoms with E-state index < -0.39 is 10.8 Å². The molecule has 3 aromatic rings. The molecule has 4 rings (SSSR count). The second kappa shape index (κ2) is 8.66. The lowest BCUT2D eigenvalue weighted by atomic mass is 9.81. The SMILES string of the molecule is CC(C)c1ccc([C@@H]2CC(=O)c3cnc(NC(=O)c4ccc([N+](=O)[O-])cc4)nc3C2)cc1. The molecule has 0 spiro atoms. The summed E-state index contributed by atoms with van der Waals surface area (Å²) in [7, 11) is 0. The minimum Gasteiger partial charge on any atom is -0.294 e. The first-order chi connectivity index (χ1) is 15.3. The van der Waals surface area contributed by atoms with Crippen LogP contribution >= 0.6 is 0 Å². The van der Waals surface area contributed by atoms with Crippen molar-refractivity contribution in [3.8, 4) is 0 Å². The minimum absolute atomic E-state index is 0.0163. The van der Waals surface area contributed by atoms with Gasteiger partial charge in [0.25, 0.3) is 11.6 Å². The maximum Gasteiger partial charge on any atom is 0.269 e. The quantitative estimate of drug-likeness (QED) is 0.464. The van der Waals surface area contributed by atoms with Crippen LogP contribution < -0.4 is 5.32 Å². The number of carbonyl (C=O) groups excluding carboxylic acids is 2. The fourth-order valence-corrected chi connectivity index (χ4v) is 3.80. The van der Waals surface area contributed by atoms with E-state index in [2.05, 4.69) is 53.4 Å². The maximum atomic E-state index is 12.7. The number of nitro groups is 1. The molecule has 2 aromatic carbocycles. The monoisotopic (exact) mass is 430 g/mol. The molecule has 0 fully saturated rings. The van der Waals surface area contributed by atoms with E-state index in [9.17, 15) is 19.7 Å². The number of non-ortho nitro benzene ring substituents is 1. The van der Waals surface area contributed by atoms with Crippen LogP contribution in [0.25, 0.3) is 0 Å². The van der Waals surface area contributed by atoms with Crippen LogP contribution in [0.3, 0.4) is 0 Å². The van der Waals surface area contributed by atoms with E-state index in [1.165, 1.54) is 36.0 Å². The number of benzene rings is 2. The van der Waals surface area contributed by atoms with E-state index in [1.54, 1.807) is 0 Å². The number of carbonyl (C=O) groups is 2. The van der Waals surface area contributed by atoms with Crippen molar-refractivity contribution < 1.29 is 14.5 Å². The maximum absolute atomic E-state index is 12.7. The number of rotatable bonds is 5. The van der Waals surface area contributed by atoms with Crippen LogP contribution in [0.4, 0.5) is 11.6 Å². The van der Waals surface area contributed by atoms with Crippen molar-refractivity contribution in [3.63, 3.8) is 0 Å². The van der Waals surface area contributed by atoms with Gasteiger partial charge in [-0.15, -0.1) is 0 Å². The molecule has 8 heteroatoms. The van der Waals surface area contributed by atoms with E-state index in [0.717, 1.165) is 5.56 Å². The van der Waals surface area contributed by atoms with Crippen molar-refractivity contribution in [3.05, 3.63) is 92.8 Å². The van der Waals surface area contributed by atoms with Crippen LogP contribution in [0.5, 0.6) is 0 Å². The number of Topliss-reactive ketones (excluding diaryl/α,β-unsaturated/α-hetero) is 1. The van der Waals surface area contributed by atoms with Crippen LogP contribution in [0.15, 0.2) is 54.7 Å². The van der Waals surface area contributed by atoms with Gasteiger partial charge in [-0.3, -0.25) is 25.0 Å². The van der Waals surface area contributed by atoms with Crippen LogP contribution in [0.1, 0.15) is 69.6 Å². The molecule has 0 radical (unpaired) electrons. The second-order valence-corrected chi connectivity index (χ2v) is 8.16. The number of nitrogens with zero attached hydrogens (tertiary/aromatic N) is 3. The van der Waals surface area contributed by atoms with Crippen LogP contribution in [-0.2, 0) is 6.42 Å². The summed E-state index contributed by atoms with van der Waals surface area (Å²) in [6.07, 6.45) is 2.42. The van der Waals surface area contributed by atoms with Crippen molar-refractivity contribution in [2.75, 3.05) is 5.32 Å². The first-order valence-electron chi connectivity index (χ1n) is 10.4. The highest BCUT2D eigenvalue weighted by molar-refractivity contribution is 6.03. The van der Waals surface area contributed by atoms with Gasteiger partial charge in [0.05, 0.1) is 16.2 Å². The summed E-state index contributed by atoms with van der Waals surface area (Å²) < 4.78 is 0. The average molecular weight is 430 g/mol. The molecule has 0 saturated heterocycles. The van der Waals surface area contributed by atoms with Crippen molar-refractivity contribution in [2.45, 2.75) is 38.5 Å². The Bertz CT molecular complexity index is 1190. The lowest BCUT2D eigenvalue weighted by Crippen LogP contribution is -2.22. The van der Waals surface area contributed by atoms with E-state index in [-0.39, 0.29) is 28.9 Å². The number of aromatic nitrogens is 2. The average Bonchev–Trinajstić information content (AvgIpc) is 2.79. The number of nitrogens with one attached hydrogen (secondary N) is 1. The predicted octanol–water partition coefficient (Wildman–Crippen LogP) is 4.67. The normalized spacial score (nSPS) is 15.3. The fraction of sp³-hybridized carbons (Fsp3) is 0.250. The van der Waals surface area contributed by atoms with Gasteiger partial charge in [-0.05, 0) is 41.5 Å². The topological polar surface area (TPSA) is 115 Å². The zero-order valence-corrected chi connectivity index (χ0v) is 17.7. The van der Waals surface area contributed by atoms with E-state index >= 15 is 0 Å². The van der Waals surface area contributed by atoms with Gasteiger partial charge in [0.15, 0.2) is 5.78 Å². The largest absolute Gasteiger partial charge is 0.294 e. The van der Waals surface area contributed by atoms with Gasteiger partial charge < -0.3 is 0 Å². The Balaban J connectivity index is 1.52. The summed E-state index contributed by atoms with van der Waals surface area (Å²) in [6, 6.07) is 13.6. The van der Waals surface area contributed by atoms with Gasteiger partial charge in [0, 0.05) is 30.3 Å². The van der Waals surface area contributed by atoms with Gasteiger partial charge in [0.2, 0.25) is 5.95 Å². The van der Waals surface area contributed by atoms with Crippen LogP contribution in [0.2, 0.25) is 0 Å². The van der Waals surface area contributed by atoms with Gasteiger partial charge in [-0.25, -0.2) is 9.97 Å². The molecule has 1 atom stereocenters. The molecule has 0 bridgehead atoms. The summed E-state index contributed by atoms with van der Waals surface area (Å²) >= 11 is 0. The molecular formula is C24H22N4O4. The Labute approximate surface area is 184 Å². The zero-order chi connectivity index (χ0) is 22.8. The van der Waals surface area contributed by atoms with Gasteiger partial charge in [-0.2, -0.15) is 0 Å². The number of hydrogen-bond acceptors (Lipinski definition) is 6. The zero-order valence-electron chi connectivity index (χ0n) is 17.7. The predicted molar refractivity (Wildman–Crippen MR) is 119 cm³/mol. The molecule has 8 nitrogen and oxygen atoms in total. The van der Waals surface area contributed by atoms with Crippen LogP contribution in [-0.4, -0.2) is 26.6 Å². The van der Waals surface area contributed by atoms with Crippen molar-refractivity contribution >= 4 is 23.3 Å². The minimum atomic E-state index is -0.530. The summed E-state index contributed by atoms with van der Waals surface area (Å²) in [5.74, 6) is 0.0488. The molecule has 1 amide bonds. The molecule has 32 heavy (non-hydrogen) atoms. The lowest BCUT2D eigenvalue weighted by Gasteiger charge is -2.23. The molecule has 1 aromatic heterocycles. The Morgan fingerprint density at radius 1 is 1.09 bits per heavy atom. The second-order valence-electron chi connectivity index (χ2n) is 8.16. The molecule has 0 saturated carbocycles. The number of ketones is 1. The Kier molecular flexibility index (Phi) is 5.77. The number of nitro benzene ring substituents is 1. The standard InChI is InChI=1S/C24H22N4O4/c1-14(2)15-3-5-16(6-4-15)18-11-21-20(22(29)12-18)13-25-24(26-21)27-23(30)17-7-9-19(10-8-17)28(31)32/h3-10,13-14,18H,11-12H2,1-2H3,(H,25,26,27,30)/t18-/m0/s1. The third-order valence-corrected chi connectivity index (χ3v) is 5.68. The van der Waals surface area contributed by atoms with Crippen molar-refractivity contribution in [2.24, 2.45) is 0 Å². The first kappa shape index (κ1) is 21.3. The van der Waals surface area contributed by atoms with Crippen LogP contribution in [0, 0.1) is 10.1 Å². The smallest absolute Gasteiger partial charge is 0.269 e. The highest BCUT2D eigenvalue weighted by Crippen LogP contribution is 2.32. The lowest BCUT2D eigenvalue weighted by molar-refractivity contribution is -0.384. The summed E-state index contributed by atoms with van der Waals surface area (Å²) in [4.78, 5) is 43.9. The molecule has 1 N–H and O–H groups in total. The van der Waals surface area contributed by atoms with Crippen molar-refractivity contribution in [1.29, 1.82) is 0 Å². The molecular weight excluding hydrogens is 408 g/mol. The molecule has 0 aliphatic heterocycles. The van der Waals surface area contributed by atoms with Gasteiger partial charge >= 0.3 is 0 Å². The van der Waals surface area contributed by atoms with Gasteiger partial charge in [0.1, 0.15) is 0 Å². The number of hydrogen-bond donors (Lipinski definition) is 1. The van der Waals surface area contributed by atoms with Crippen molar-refractivity contribution in [1.82, 2.24) is 9.97 Å². The van der Waals surface area contributed by atoms with E-state index in [4.69, 9.17) is 0 Å². The molecule has 1 aliphatic carbocycles. The number of amides is 1. The highest BCUT2D eigenvalue weighted by Gasteiger charge is 2.28. The molecule has 162 valence electrons. The van der Waals surface area contributed by atoms with E-state index in [0.29, 0.717) is 30.0 Å². The molecule has 1 aliphatic rings. The van der Waals surface area contributed by atoms with E-state index in [1.807, 2.05) is 0 Å². The fourth-order valence-electron chi connectivity index (χ4n) is 3.80. The number of fused-ring (bicyclic) bond motifs is 1. The Hall–Kier alpha value is -3.94. The highest BCUT2D eigenvalue weighted by atomic mass is 16.6. The third-order valence-electron chi connectivity index (χ3n) is 5.68. The third kappa shape index (κ3) is 4.39.